The number of nitrogens with one attached hydrogen (secondary N) is 2. The summed E-state index contributed by atoms with van der Waals surface area (Å²) in [5.74, 6) is 1.55. The van der Waals surface area contributed by atoms with Crippen molar-refractivity contribution < 1.29 is 9.53 Å². The molecule has 0 atom stereocenters. The molecule has 0 radical (unpaired) electrons. The number of guanidine groups is 1. The molecule has 9 heteroatoms. The van der Waals surface area contributed by atoms with Gasteiger partial charge in [-0.2, -0.15) is 0 Å². The summed E-state index contributed by atoms with van der Waals surface area (Å²) in [4.78, 5) is 23.7. The fourth-order valence-electron chi connectivity index (χ4n) is 4.13. The molecule has 30 heavy (non-hydrogen) atoms. The number of nitrogens with zero attached hydrogens (tertiary/aromatic N) is 4. The molecular weight excluding hydrogens is 495 g/mol. The second kappa shape index (κ2) is 16.0. The van der Waals surface area contributed by atoms with Crippen molar-refractivity contribution in [2.45, 2.75) is 32.1 Å². The summed E-state index contributed by atoms with van der Waals surface area (Å²) < 4.78 is 5.09. The Balaban J connectivity index is 0.00000450. The molecule has 8 nitrogen and oxygen atoms in total. The number of hydrogen-bond acceptors (Lipinski definition) is 5. The Labute approximate surface area is 200 Å². The zero-order valence-corrected chi connectivity index (χ0v) is 21.5. The molecule has 1 heterocycles. The van der Waals surface area contributed by atoms with Crippen LogP contribution >= 0.6 is 24.0 Å². The molecule has 0 spiro atoms. The fraction of sp³-hybridized carbons (Fsp3) is 0.905. The van der Waals surface area contributed by atoms with E-state index in [0.717, 1.165) is 90.7 Å². The second-order valence-electron chi connectivity index (χ2n) is 8.22. The van der Waals surface area contributed by atoms with Crippen LogP contribution in [0, 0.1) is 5.92 Å². The zero-order chi connectivity index (χ0) is 20.9. The van der Waals surface area contributed by atoms with E-state index < -0.39 is 0 Å². The van der Waals surface area contributed by atoms with Crippen molar-refractivity contribution in [3.05, 3.63) is 0 Å². The first-order valence-electron chi connectivity index (χ1n) is 11.3. The average molecular weight is 539 g/mol. The van der Waals surface area contributed by atoms with Crippen LogP contribution < -0.4 is 10.6 Å². The molecule has 2 fully saturated rings. The Morgan fingerprint density at radius 3 is 2.40 bits per heavy atom. The summed E-state index contributed by atoms with van der Waals surface area (Å²) in [5.41, 5.74) is 0. The van der Waals surface area contributed by atoms with Crippen LogP contribution in [0.4, 0.5) is 0 Å². The van der Waals surface area contributed by atoms with Crippen LogP contribution in [0.2, 0.25) is 0 Å². The molecule has 0 unspecified atom stereocenters. The largest absolute Gasteiger partial charge is 0.385 e. The molecular formula is C21H43IN6O2. The van der Waals surface area contributed by atoms with Crippen LogP contribution in [0.3, 0.4) is 0 Å². The third kappa shape index (κ3) is 10.1. The predicted molar refractivity (Wildman–Crippen MR) is 134 cm³/mol. The minimum Gasteiger partial charge on any atom is -0.385 e. The van der Waals surface area contributed by atoms with Gasteiger partial charge in [0.05, 0.1) is 0 Å². The number of halogens is 1. The maximum Gasteiger partial charge on any atom is 0.225 e. The highest BCUT2D eigenvalue weighted by atomic mass is 127. The molecule has 0 bridgehead atoms. The molecule has 0 aromatic rings. The van der Waals surface area contributed by atoms with E-state index in [0.29, 0.717) is 11.8 Å². The van der Waals surface area contributed by atoms with E-state index in [9.17, 15) is 4.79 Å². The Hall–Kier alpha value is -0.650. The SMILES string of the molecule is CN=C(NCCN(C)CCCOC)NCCN1CCN(C(=O)C2CCCC2)CC1.I. The molecule has 0 aromatic heterocycles. The van der Waals surface area contributed by atoms with Gasteiger partial charge in [0.2, 0.25) is 5.91 Å². The highest BCUT2D eigenvalue weighted by molar-refractivity contribution is 14.0. The number of methoxy groups -OCH3 is 1. The van der Waals surface area contributed by atoms with Crippen molar-refractivity contribution >= 4 is 35.8 Å². The first-order valence-corrected chi connectivity index (χ1v) is 11.3. The molecule has 1 saturated carbocycles. The van der Waals surface area contributed by atoms with E-state index in [1.54, 1.807) is 7.11 Å². The van der Waals surface area contributed by atoms with Crippen LogP contribution in [0.15, 0.2) is 4.99 Å². The second-order valence-corrected chi connectivity index (χ2v) is 8.22. The molecule has 2 rings (SSSR count). The highest BCUT2D eigenvalue weighted by Gasteiger charge is 2.29. The van der Waals surface area contributed by atoms with E-state index in [2.05, 4.69) is 37.4 Å². The molecule has 1 amide bonds. The summed E-state index contributed by atoms with van der Waals surface area (Å²) >= 11 is 0. The van der Waals surface area contributed by atoms with Crippen molar-refractivity contribution in [1.82, 2.24) is 25.3 Å². The number of ether oxygens (including phenoxy) is 1. The summed E-state index contributed by atoms with van der Waals surface area (Å²) in [6.07, 6.45) is 5.69. The van der Waals surface area contributed by atoms with Crippen molar-refractivity contribution in [3.8, 4) is 0 Å². The number of rotatable bonds is 11. The van der Waals surface area contributed by atoms with Gasteiger partial charge in [-0.15, -0.1) is 24.0 Å². The van der Waals surface area contributed by atoms with Gasteiger partial charge in [0, 0.05) is 85.6 Å². The number of carbonyl (C=O) groups excluding carboxylic acids is 1. The topological polar surface area (TPSA) is 72.4 Å². The third-order valence-corrected chi connectivity index (χ3v) is 6.01. The first kappa shape index (κ1) is 27.4. The third-order valence-electron chi connectivity index (χ3n) is 6.01. The van der Waals surface area contributed by atoms with E-state index in [4.69, 9.17) is 4.74 Å². The van der Waals surface area contributed by atoms with E-state index in [1.165, 1.54) is 12.8 Å². The quantitative estimate of drug-likeness (QED) is 0.178. The number of carbonyl (C=O) groups is 1. The number of piperazine rings is 1. The lowest BCUT2D eigenvalue weighted by atomic mass is 10.1. The lowest BCUT2D eigenvalue weighted by Gasteiger charge is -2.36. The van der Waals surface area contributed by atoms with Gasteiger partial charge in [-0.05, 0) is 26.3 Å². The number of hydrogen-bond donors (Lipinski definition) is 2. The Bertz CT molecular complexity index is 494. The van der Waals surface area contributed by atoms with Crippen LogP contribution in [0.1, 0.15) is 32.1 Å². The molecule has 1 aliphatic carbocycles. The van der Waals surface area contributed by atoms with Crippen molar-refractivity contribution in [3.63, 3.8) is 0 Å². The number of likely N-dealkylation sites (N-methyl/N-ethyl adjacent to an activating group) is 1. The van der Waals surface area contributed by atoms with Crippen LogP contribution in [0.25, 0.3) is 0 Å². The lowest BCUT2D eigenvalue weighted by Crippen LogP contribution is -2.52. The molecule has 2 aliphatic rings. The van der Waals surface area contributed by atoms with Gasteiger partial charge < -0.3 is 25.2 Å². The molecule has 176 valence electrons. The van der Waals surface area contributed by atoms with E-state index >= 15 is 0 Å². The summed E-state index contributed by atoms with van der Waals surface area (Å²) in [5, 5.41) is 6.78. The Kier molecular flexibility index (Phi) is 14.6. The minimum absolute atomic E-state index is 0. The average Bonchev–Trinajstić information content (AvgIpc) is 3.27. The van der Waals surface area contributed by atoms with Crippen LogP contribution in [-0.4, -0.2) is 113 Å². The van der Waals surface area contributed by atoms with Crippen molar-refractivity contribution in [2.75, 3.05) is 86.7 Å². The maximum absolute atomic E-state index is 12.5. The molecule has 2 N–H and O–H groups in total. The summed E-state index contributed by atoms with van der Waals surface area (Å²) in [7, 11) is 5.68. The smallest absolute Gasteiger partial charge is 0.225 e. The Morgan fingerprint density at radius 2 is 1.77 bits per heavy atom. The lowest BCUT2D eigenvalue weighted by molar-refractivity contribution is -0.137. The zero-order valence-electron chi connectivity index (χ0n) is 19.2. The molecule has 1 aliphatic heterocycles. The highest BCUT2D eigenvalue weighted by Crippen LogP contribution is 2.26. The minimum atomic E-state index is 0. The van der Waals surface area contributed by atoms with Crippen LogP contribution in [-0.2, 0) is 9.53 Å². The normalized spacial score (nSPS) is 18.5. The first-order chi connectivity index (χ1) is 14.1. The summed E-state index contributed by atoms with van der Waals surface area (Å²) in [6.45, 7) is 9.21. The maximum atomic E-state index is 12.5. The van der Waals surface area contributed by atoms with Gasteiger partial charge in [-0.25, -0.2) is 0 Å². The van der Waals surface area contributed by atoms with Crippen LogP contribution in [0.5, 0.6) is 0 Å². The van der Waals surface area contributed by atoms with Gasteiger partial charge in [0.15, 0.2) is 5.96 Å². The number of aliphatic imine (C=N–C) groups is 1. The van der Waals surface area contributed by atoms with Gasteiger partial charge >= 0.3 is 0 Å². The van der Waals surface area contributed by atoms with Gasteiger partial charge in [0.1, 0.15) is 0 Å². The standard InChI is InChI=1S/C21H42N6O2.HI/c1-22-21(23-9-12-25(2)11-6-18-29-3)24-10-13-26-14-16-27(17-15-26)20(28)19-7-4-5-8-19;/h19H,4-18H2,1-3H3,(H2,22,23,24);1H. The van der Waals surface area contributed by atoms with E-state index in [-0.39, 0.29) is 24.0 Å². The van der Waals surface area contributed by atoms with Crippen molar-refractivity contribution in [1.29, 1.82) is 0 Å². The fourth-order valence-corrected chi connectivity index (χ4v) is 4.13. The predicted octanol–water partition coefficient (Wildman–Crippen LogP) is 1.07. The monoisotopic (exact) mass is 538 g/mol. The summed E-state index contributed by atoms with van der Waals surface area (Å²) in [6, 6.07) is 0. The van der Waals surface area contributed by atoms with Crippen molar-refractivity contribution in [2.24, 2.45) is 10.9 Å². The van der Waals surface area contributed by atoms with Gasteiger partial charge in [-0.3, -0.25) is 14.7 Å². The van der Waals surface area contributed by atoms with Gasteiger partial charge in [-0.1, -0.05) is 12.8 Å². The Morgan fingerprint density at radius 1 is 1.10 bits per heavy atom. The molecule has 1 saturated heterocycles. The number of amides is 1. The van der Waals surface area contributed by atoms with Gasteiger partial charge in [0.25, 0.3) is 0 Å². The molecule has 0 aromatic carbocycles. The van der Waals surface area contributed by atoms with E-state index in [1.807, 2.05) is 7.05 Å².